The van der Waals surface area contributed by atoms with Crippen molar-refractivity contribution in [3.8, 4) is 0 Å². The van der Waals surface area contributed by atoms with E-state index in [1.54, 1.807) is 7.05 Å². The van der Waals surface area contributed by atoms with Crippen molar-refractivity contribution in [2.45, 2.75) is 19.3 Å². The van der Waals surface area contributed by atoms with E-state index in [4.69, 9.17) is 0 Å². The fourth-order valence-electron chi connectivity index (χ4n) is 3.74. The monoisotopic (exact) mass is 521 g/mol. The first-order valence-electron chi connectivity index (χ1n) is 9.96. The molecule has 2 fully saturated rings. The molecule has 9 heteroatoms. The van der Waals surface area contributed by atoms with Crippen LogP contribution in [-0.4, -0.2) is 86.0 Å². The maximum atomic E-state index is 13.7. The van der Waals surface area contributed by atoms with Crippen LogP contribution in [0.5, 0.6) is 0 Å². The average Bonchev–Trinajstić information content (AvgIpc) is 3.23. The number of halogens is 3. The first-order valence-corrected chi connectivity index (χ1v) is 9.96. The van der Waals surface area contributed by atoms with E-state index in [1.807, 2.05) is 4.90 Å². The Labute approximate surface area is 188 Å². The number of hydrogen-bond donors (Lipinski definition) is 1. The Bertz CT molecular complexity index is 704. The van der Waals surface area contributed by atoms with Gasteiger partial charge in [0, 0.05) is 58.9 Å². The number of piperazine rings is 1. The number of benzene rings is 1. The quantitative estimate of drug-likeness (QED) is 0.366. The molecule has 1 N–H and O–H groups in total. The number of carbonyl (C=O) groups is 1. The standard InChI is InChI=1S/C20H29F2N5O.HI/c1-23-20(24-7-6-16-4-5-17(21)14-18(16)22)27-12-10-25(11-13-27)15-19(28)26-8-2-3-9-26;/h4-5,14H,2-3,6-13,15H2,1H3,(H,23,24);1H. The molecule has 162 valence electrons. The van der Waals surface area contributed by atoms with Crippen molar-refractivity contribution in [1.29, 1.82) is 0 Å². The number of guanidine groups is 1. The molecule has 0 aromatic heterocycles. The lowest BCUT2D eigenvalue weighted by atomic mass is 10.1. The molecule has 2 aliphatic heterocycles. The van der Waals surface area contributed by atoms with Gasteiger partial charge in [-0.2, -0.15) is 0 Å². The number of nitrogens with zero attached hydrogens (tertiary/aromatic N) is 4. The van der Waals surface area contributed by atoms with Crippen LogP contribution < -0.4 is 5.32 Å². The summed E-state index contributed by atoms with van der Waals surface area (Å²) in [6.07, 6.45) is 2.68. The molecule has 0 radical (unpaired) electrons. The Balaban J connectivity index is 0.00000300. The zero-order chi connectivity index (χ0) is 19.9. The van der Waals surface area contributed by atoms with Crippen LogP contribution in [0.15, 0.2) is 23.2 Å². The van der Waals surface area contributed by atoms with Crippen LogP contribution in [0.25, 0.3) is 0 Å². The summed E-state index contributed by atoms with van der Waals surface area (Å²) in [5.74, 6) is -0.0815. The summed E-state index contributed by atoms with van der Waals surface area (Å²) in [6.45, 7) is 6.00. The number of likely N-dealkylation sites (tertiary alicyclic amines) is 1. The smallest absolute Gasteiger partial charge is 0.236 e. The molecule has 1 amide bonds. The maximum absolute atomic E-state index is 13.7. The van der Waals surface area contributed by atoms with Crippen LogP contribution in [0.4, 0.5) is 8.78 Å². The fraction of sp³-hybridized carbons (Fsp3) is 0.600. The lowest BCUT2D eigenvalue weighted by molar-refractivity contribution is -0.131. The molecule has 29 heavy (non-hydrogen) atoms. The third kappa shape index (κ3) is 6.77. The minimum absolute atomic E-state index is 0. The molecule has 0 spiro atoms. The summed E-state index contributed by atoms with van der Waals surface area (Å²) in [6, 6.07) is 3.66. The summed E-state index contributed by atoms with van der Waals surface area (Å²) < 4.78 is 26.7. The highest BCUT2D eigenvalue weighted by Crippen LogP contribution is 2.11. The number of carbonyl (C=O) groups excluding carboxylic acids is 1. The van der Waals surface area contributed by atoms with Crippen molar-refractivity contribution < 1.29 is 13.6 Å². The normalized spacial score (nSPS) is 18.0. The number of aliphatic imine (C=N–C) groups is 1. The molecule has 0 unspecified atom stereocenters. The van der Waals surface area contributed by atoms with Crippen molar-refractivity contribution in [3.63, 3.8) is 0 Å². The molecule has 0 saturated carbocycles. The molecule has 1 aromatic rings. The maximum Gasteiger partial charge on any atom is 0.236 e. The number of rotatable bonds is 5. The van der Waals surface area contributed by atoms with Gasteiger partial charge >= 0.3 is 0 Å². The molecule has 2 saturated heterocycles. The van der Waals surface area contributed by atoms with Gasteiger partial charge in [-0.15, -0.1) is 24.0 Å². The van der Waals surface area contributed by atoms with E-state index in [0.29, 0.717) is 25.1 Å². The van der Waals surface area contributed by atoms with E-state index in [2.05, 4.69) is 20.1 Å². The zero-order valence-corrected chi connectivity index (χ0v) is 19.2. The predicted molar refractivity (Wildman–Crippen MR) is 121 cm³/mol. The molecule has 2 heterocycles. The Morgan fingerprint density at radius 2 is 1.76 bits per heavy atom. The van der Waals surface area contributed by atoms with E-state index >= 15 is 0 Å². The Hall–Kier alpha value is -1.49. The second kappa shape index (κ2) is 11.6. The van der Waals surface area contributed by atoms with Crippen LogP contribution in [0.3, 0.4) is 0 Å². The van der Waals surface area contributed by atoms with Crippen LogP contribution in [-0.2, 0) is 11.2 Å². The number of hydrogen-bond acceptors (Lipinski definition) is 3. The van der Waals surface area contributed by atoms with Crippen LogP contribution in [0, 0.1) is 11.6 Å². The minimum Gasteiger partial charge on any atom is -0.356 e. The van der Waals surface area contributed by atoms with Crippen LogP contribution in [0.1, 0.15) is 18.4 Å². The second-order valence-electron chi connectivity index (χ2n) is 7.31. The highest BCUT2D eigenvalue weighted by Gasteiger charge is 2.24. The van der Waals surface area contributed by atoms with Gasteiger partial charge in [0.1, 0.15) is 11.6 Å². The van der Waals surface area contributed by atoms with Gasteiger partial charge in [0.15, 0.2) is 5.96 Å². The summed E-state index contributed by atoms with van der Waals surface area (Å²) in [5.41, 5.74) is 0.481. The van der Waals surface area contributed by atoms with E-state index in [-0.39, 0.29) is 29.9 Å². The summed E-state index contributed by atoms with van der Waals surface area (Å²) in [4.78, 5) is 22.9. The molecule has 6 nitrogen and oxygen atoms in total. The van der Waals surface area contributed by atoms with Gasteiger partial charge in [-0.3, -0.25) is 14.7 Å². The van der Waals surface area contributed by atoms with Gasteiger partial charge in [0.25, 0.3) is 0 Å². The Kier molecular flexibility index (Phi) is 9.54. The van der Waals surface area contributed by atoms with Crippen molar-refractivity contribution in [1.82, 2.24) is 20.0 Å². The number of amides is 1. The molecule has 0 atom stereocenters. The highest BCUT2D eigenvalue weighted by molar-refractivity contribution is 14.0. The van der Waals surface area contributed by atoms with Gasteiger partial charge in [0.05, 0.1) is 6.54 Å². The molecular weight excluding hydrogens is 491 g/mol. The van der Waals surface area contributed by atoms with E-state index in [0.717, 1.165) is 64.1 Å². The Morgan fingerprint density at radius 1 is 1.07 bits per heavy atom. The van der Waals surface area contributed by atoms with Gasteiger partial charge in [-0.25, -0.2) is 8.78 Å². The third-order valence-corrected chi connectivity index (χ3v) is 5.39. The molecule has 3 rings (SSSR count). The van der Waals surface area contributed by atoms with Gasteiger partial charge < -0.3 is 15.1 Å². The molecule has 0 aliphatic carbocycles. The van der Waals surface area contributed by atoms with E-state index < -0.39 is 11.6 Å². The fourth-order valence-corrected chi connectivity index (χ4v) is 3.74. The predicted octanol–water partition coefficient (Wildman–Crippen LogP) is 1.94. The summed E-state index contributed by atoms with van der Waals surface area (Å²) in [7, 11) is 1.73. The SMILES string of the molecule is CN=C(NCCc1ccc(F)cc1F)N1CCN(CC(=O)N2CCCC2)CC1.I. The van der Waals surface area contributed by atoms with Crippen molar-refractivity contribution >= 4 is 35.8 Å². The van der Waals surface area contributed by atoms with E-state index in [1.165, 1.54) is 12.1 Å². The molecule has 2 aliphatic rings. The lowest BCUT2D eigenvalue weighted by Gasteiger charge is -2.36. The van der Waals surface area contributed by atoms with Gasteiger partial charge in [0.2, 0.25) is 5.91 Å². The van der Waals surface area contributed by atoms with Gasteiger partial charge in [-0.1, -0.05) is 6.07 Å². The van der Waals surface area contributed by atoms with Crippen LogP contribution >= 0.6 is 24.0 Å². The van der Waals surface area contributed by atoms with Crippen molar-refractivity contribution in [2.24, 2.45) is 4.99 Å². The van der Waals surface area contributed by atoms with Gasteiger partial charge in [-0.05, 0) is 30.9 Å². The third-order valence-electron chi connectivity index (χ3n) is 5.39. The highest BCUT2D eigenvalue weighted by atomic mass is 127. The largest absolute Gasteiger partial charge is 0.356 e. The molecular formula is C20H30F2IN5O. The second-order valence-corrected chi connectivity index (χ2v) is 7.31. The minimum atomic E-state index is -0.564. The Morgan fingerprint density at radius 3 is 2.38 bits per heavy atom. The first-order chi connectivity index (χ1) is 13.6. The lowest BCUT2D eigenvalue weighted by Crippen LogP contribution is -2.54. The topological polar surface area (TPSA) is 51.2 Å². The zero-order valence-electron chi connectivity index (χ0n) is 16.9. The average molecular weight is 521 g/mol. The van der Waals surface area contributed by atoms with E-state index in [9.17, 15) is 13.6 Å². The van der Waals surface area contributed by atoms with Crippen molar-refractivity contribution in [2.75, 3.05) is 59.4 Å². The summed E-state index contributed by atoms with van der Waals surface area (Å²) in [5, 5.41) is 3.25. The molecule has 0 bridgehead atoms. The first kappa shape index (κ1) is 23.8. The van der Waals surface area contributed by atoms with Crippen LogP contribution in [0.2, 0.25) is 0 Å². The molecule has 1 aromatic carbocycles. The number of nitrogens with one attached hydrogen (secondary N) is 1. The summed E-state index contributed by atoms with van der Waals surface area (Å²) >= 11 is 0. The van der Waals surface area contributed by atoms with Crippen molar-refractivity contribution in [3.05, 3.63) is 35.4 Å².